The number of Topliss-reactive ketones (excluding diaryl/α,β-unsaturated/α-hetero) is 2. The number of piperidine rings is 1. The Morgan fingerprint density at radius 2 is 1.67 bits per heavy atom. The summed E-state index contributed by atoms with van der Waals surface area (Å²) >= 11 is 0. The normalized spacial score (nSPS) is 38.4. The molecule has 1 aliphatic heterocycles. The van der Waals surface area contributed by atoms with E-state index in [0.717, 1.165) is 4.90 Å². The SMILES string of the molecule is [2H]C([2H])([2H])C(C([2H])([2H])[2H])(C([2H])([2H])[2H])S(=O)(=O)CC1(NC(=O)N[C@H](C(=O)N2C[C@H]3[C@@H]([C@H]2C(=O)C[C@]([2H])(CCCC)C(=O)C(=O)NC2CC2)C3(C)C)C(C)(C)C)C([2H])([2H])C([2H])([2H])C([2H])([2H])C([2H])([2H])C1([2H])[2H]. The Labute approximate surface area is 322 Å². The molecule has 3 aliphatic carbocycles. The van der Waals surface area contributed by atoms with Gasteiger partial charge in [-0.25, -0.2) is 13.2 Å². The molecule has 0 aromatic heterocycles. The van der Waals surface area contributed by atoms with Crippen LogP contribution in [0.3, 0.4) is 0 Å². The van der Waals surface area contributed by atoms with E-state index in [-0.39, 0.29) is 31.3 Å². The summed E-state index contributed by atoms with van der Waals surface area (Å²) in [6, 6.07) is -5.62. The lowest BCUT2D eigenvalue weighted by molar-refractivity contribution is -0.145. The van der Waals surface area contributed by atoms with Gasteiger partial charge in [0.25, 0.3) is 5.91 Å². The number of carbonyl (C=O) groups is 5. The second kappa shape index (κ2) is 14.3. The van der Waals surface area contributed by atoms with E-state index in [1.807, 2.05) is 0 Å². The molecule has 4 rings (SSSR count). The fraction of sp³-hybridized carbons (Fsp3) is 0.865. The minimum Gasteiger partial charge on any atom is -0.347 e. The van der Waals surface area contributed by atoms with Crippen molar-refractivity contribution in [3.05, 3.63) is 0 Å². The third-order valence-corrected chi connectivity index (χ3v) is 11.5. The zero-order valence-corrected chi connectivity index (χ0v) is 29.6. The van der Waals surface area contributed by atoms with Crippen LogP contribution in [0.2, 0.25) is 0 Å². The minimum absolute atomic E-state index is 0.164. The Kier molecular flexibility index (Phi) is 5.80. The van der Waals surface area contributed by atoms with E-state index in [1.54, 1.807) is 20.8 Å². The summed E-state index contributed by atoms with van der Waals surface area (Å²) in [6.45, 7) is -4.65. The van der Waals surface area contributed by atoms with Crippen molar-refractivity contribution >= 4 is 39.2 Å². The molecular formula is C37H62N4O7S. The number of nitrogens with zero attached hydrogens (tertiary/aromatic N) is 1. The fourth-order valence-corrected chi connectivity index (χ4v) is 7.59. The van der Waals surface area contributed by atoms with E-state index in [2.05, 4.69) is 10.6 Å². The van der Waals surface area contributed by atoms with Crippen LogP contribution in [0.1, 0.15) is 160 Å². The van der Waals surface area contributed by atoms with Crippen molar-refractivity contribution in [3.63, 3.8) is 0 Å². The van der Waals surface area contributed by atoms with Gasteiger partial charge in [-0.05, 0) is 75.2 Å². The summed E-state index contributed by atoms with van der Waals surface area (Å²) in [5.74, 6) is -10.1. The van der Waals surface area contributed by atoms with Crippen LogP contribution < -0.4 is 16.0 Å². The van der Waals surface area contributed by atoms with Crippen LogP contribution in [0.15, 0.2) is 0 Å². The van der Waals surface area contributed by atoms with Crippen LogP contribution in [-0.4, -0.2) is 83.4 Å². The van der Waals surface area contributed by atoms with E-state index in [4.69, 9.17) is 27.4 Å². The van der Waals surface area contributed by atoms with Crippen molar-refractivity contribution in [2.75, 3.05) is 12.3 Å². The maximum absolute atomic E-state index is 14.9. The number of likely N-dealkylation sites (tertiary alicyclic amines) is 1. The fourth-order valence-electron chi connectivity index (χ4n) is 6.59. The number of amides is 4. The van der Waals surface area contributed by atoms with Gasteiger partial charge in [0.1, 0.15) is 6.04 Å². The lowest BCUT2D eigenvalue weighted by Crippen LogP contribution is -2.63. The van der Waals surface area contributed by atoms with Crippen LogP contribution in [-0.2, 0) is 29.0 Å². The van der Waals surface area contributed by atoms with Gasteiger partial charge in [0.2, 0.25) is 11.7 Å². The van der Waals surface area contributed by atoms with Crippen molar-refractivity contribution in [2.45, 2.75) is 161 Å². The summed E-state index contributed by atoms with van der Waals surface area (Å²) < 4.78 is 192. The van der Waals surface area contributed by atoms with E-state index < -0.39 is 149 Å². The molecule has 0 radical (unpaired) electrons. The molecule has 4 aliphatic rings. The molecule has 1 heterocycles. The van der Waals surface area contributed by atoms with Crippen molar-refractivity contribution in [3.8, 4) is 0 Å². The highest BCUT2D eigenvalue weighted by molar-refractivity contribution is 7.92. The van der Waals surface area contributed by atoms with Crippen LogP contribution in [0, 0.1) is 28.6 Å². The first-order valence-corrected chi connectivity index (χ1v) is 18.1. The molecule has 1 saturated heterocycles. The molecule has 3 saturated carbocycles. The summed E-state index contributed by atoms with van der Waals surface area (Å²) in [5, 5.41) is 6.19. The van der Waals surface area contributed by atoms with Crippen LogP contribution in [0.25, 0.3) is 0 Å². The van der Waals surface area contributed by atoms with E-state index in [0.29, 0.717) is 19.3 Å². The largest absolute Gasteiger partial charge is 0.347 e. The number of ketones is 2. The zero-order chi connectivity index (χ0) is 54.1. The predicted octanol–water partition coefficient (Wildman–Crippen LogP) is 4.71. The summed E-state index contributed by atoms with van der Waals surface area (Å²) in [6.07, 6.45) is -21.4. The number of hydrogen-bond donors (Lipinski definition) is 3. The Hall–Kier alpha value is -2.50. The Morgan fingerprint density at radius 1 is 1.04 bits per heavy atom. The maximum atomic E-state index is 14.9. The van der Waals surface area contributed by atoms with Crippen molar-refractivity contribution in [1.82, 2.24) is 20.9 Å². The molecule has 4 fully saturated rings. The Morgan fingerprint density at radius 3 is 2.22 bits per heavy atom. The van der Waals surface area contributed by atoms with E-state index >= 15 is 0 Å². The lowest BCUT2D eigenvalue weighted by Gasteiger charge is -2.41. The summed E-state index contributed by atoms with van der Waals surface area (Å²) in [7, 11) is -6.83. The van der Waals surface area contributed by atoms with Crippen molar-refractivity contribution in [2.24, 2.45) is 28.6 Å². The van der Waals surface area contributed by atoms with Crippen molar-refractivity contribution < 1.29 is 59.8 Å². The highest BCUT2D eigenvalue weighted by atomic mass is 32.2. The molecule has 5 atom stereocenters. The van der Waals surface area contributed by atoms with Gasteiger partial charge < -0.3 is 20.9 Å². The molecule has 3 N–H and O–H groups in total. The number of carbonyl (C=O) groups excluding carboxylic acids is 5. The molecule has 0 spiro atoms. The molecule has 0 unspecified atom stereocenters. The number of hydrogen-bond acceptors (Lipinski definition) is 7. The average molecular weight is 727 g/mol. The molecule has 12 heteroatoms. The highest BCUT2D eigenvalue weighted by Crippen LogP contribution is 2.65. The second-order valence-electron chi connectivity index (χ2n) is 15.2. The standard InChI is InChI=1S/C37H62N4O7S/c1-10-11-15-23(29(43)31(44)38-24-16-17-24)20-26(42)28-27-25(36(27,8)9)21-41(28)32(45)30(34(2,3)4)39-33(46)40-37(18-13-12-14-19-37)22-49(47,48)35(5,6)7/h23-25,27-28,30H,10-22H2,1-9H3,(H,38,44)(H2,39,40,46)/t23-,25-,27-,28+,30+/m0/s1/i5D3,6D3,7D3,12D2,13D2,14D2,18D2,19D2,23D. The third kappa shape index (κ3) is 8.87. The monoisotopic (exact) mass is 727 g/mol. The molecule has 0 aromatic rings. The van der Waals surface area contributed by atoms with Gasteiger partial charge in [-0.3, -0.25) is 19.2 Å². The molecule has 11 nitrogen and oxygen atoms in total. The van der Waals surface area contributed by atoms with Gasteiger partial charge in [0.15, 0.2) is 15.6 Å². The molecule has 49 heavy (non-hydrogen) atoms. The van der Waals surface area contributed by atoms with Gasteiger partial charge in [-0.15, -0.1) is 0 Å². The molecular weight excluding hydrogens is 644 g/mol. The number of fused-ring (bicyclic) bond motifs is 1. The van der Waals surface area contributed by atoms with Crippen molar-refractivity contribution in [1.29, 1.82) is 0 Å². The Bertz CT molecular complexity index is 2140. The van der Waals surface area contributed by atoms with E-state index in [9.17, 15) is 32.4 Å². The number of unbranched alkanes of at least 4 members (excludes halogenated alkanes) is 1. The molecule has 0 bridgehead atoms. The lowest BCUT2D eigenvalue weighted by atomic mass is 9.83. The topological polar surface area (TPSA) is 159 Å². The third-order valence-electron chi connectivity index (χ3n) is 9.75. The molecule has 0 aromatic carbocycles. The second-order valence-corrected chi connectivity index (χ2v) is 17.3. The predicted molar refractivity (Wildman–Crippen MR) is 189 cm³/mol. The van der Waals surface area contributed by atoms with Gasteiger partial charge in [-0.1, -0.05) is 73.5 Å². The van der Waals surface area contributed by atoms with Crippen LogP contribution in [0.4, 0.5) is 4.79 Å². The zero-order valence-electron chi connectivity index (χ0n) is 48.8. The summed E-state index contributed by atoms with van der Waals surface area (Å²) in [4.78, 5) is 71.4. The van der Waals surface area contributed by atoms with Gasteiger partial charge in [0.05, 0.1) is 22.1 Å². The van der Waals surface area contributed by atoms with Gasteiger partial charge >= 0.3 is 6.03 Å². The van der Waals surface area contributed by atoms with Crippen LogP contribution >= 0.6 is 0 Å². The van der Waals surface area contributed by atoms with E-state index in [1.165, 1.54) is 26.1 Å². The summed E-state index contributed by atoms with van der Waals surface area (Å²) in [5.41, 5.74) is -6.62. The quantitative estimate of drug-likeness (QED) is 0.219. The maximum Gasteiger partial charge on any atom is 0.315 e. The first-order chi connectivity index (χ1) is 30.4. The smallest absolute Gasteiger partial charge is 0.315 e. The Balaban J connectivity index is 1.89. The first-order valence-electron chi connectivity index (χ1n) is 26.4. The molecule has 4 amide bonds. The van der Waals surface area contributed by atoms with Crippen LogP contribution in [0.5, 0.6) is 0 Å². The number of rotatable bonds is 14. The number of nitrogens with one attached hydrogen (secondary N) is 3. The molecule has 278 valence electrons. The van der Waals surface area contributed by atoms with Gasteiger partial charge in [0, 0.05) is 52.3 Å². The average Bonchev–Trinajstić information content (AvgIpc) is 3.99. The van der Waals surface area contributed by atoms with Gasteiger partial charge in [-0.2, -0.15) is 0 Å². The number of urea groups is 1. The number of sulfone groups is 1. The first kappa shape index (κ1) is 19.9. The minimum atomic E-state index is -6.83. The highest BCUT2D eigenvalue weighted by Gasteiger charge is 2.69.